The van der Waals surface area contributed by atoms with Crippen LogP contribution in [0, 0.1) is 31.1 Å². The second-order valence-corrected chi connectivity index (χ2v) is 8.64. The number of carbonyl (C=O) groups is 3. The Labute approximate surface area is 179 Å². The van der Waals surface area contributed by atoms with Crippen molar-refractivity contribution in [2.24, 2.45) is 5.41 Å². The van der Waals surface area contributed by atoms with E-state index in [1.807, 2.05) is 32.9 Å². The van der Waals surface area contributed by atoms with Crippen LogP contribution in [0.4, 0.5) is 0 Å². The van der Waals surface area contributed by atoms with Gasteiger partial charge in [-0.05, 0) is 74.8 Å². The first-order chi connectivity index (χ1) is 14.3. The van der Waals surface area contributed by atoms with Crippen molar-refractivity contribution in [2.75, 3.05) is 26.3 Å². The van der Waals surface area contributed by atoms with Gasteiger partial charge in [0.1, 0.15) is 24.1 Å². The van der Waals surface area contributed by atoms with E-state index >= 15 is 0 Å². The molecule has 1 aromatic carbocycles. The molecule has 2 fully saturated rings. The number of likely N-dealkylation sites (tertiary alicyclic amines) is 1. The molecular weight excluding hydrogens is 378 g/mol. The zero-order chi connectivity index (χ0) is 21.9. The molecule has 5 nitrogen and oxygen atoms in total. The summed E-state index contributed by atoms with van der Waals surface area (Å²) in [5.41, 5.74) is 3.36. The highest BCUT2D eigenvalue weighted by Gasteiger charge is 2.47. The summed E-state index contributed by atoms with van der Waals surface area (Å²) in [7, 11) is 0. The first-order valence-corrected chi connectivity index (χ1v) is 10.7. The van der Waals surface area contributed by atoms with Gasteiger partial charge in [-0.3, -0.25) is 14.4 Å². The summed E-state index contributed by atoms with van der Waals surface area (Å²) in [6.07, 6.45) is 2.20. The number of rotatable bonds is 4. The van der Waals surface area contributed by atoms with Crippen molar-refractivity contribution in [3.63, 3.8) is 0 Å². The van der Waals surface area contributed by atoms with Crippen LogP contribution in [-0.4, -0.2) is 48.7 Å². The van der Waals surface area contributed by atoms with Gasteiger partial charge >= 0.3 is 0 Å². The fourth-order valence-corrected chi connectivity index (χ4v) is 5.02. The summed E-state index contributed by atoms with van der Waals surface area (Å²) in [5.74, 6) is 5.30. The van der Waals surface area contributed by atoms with Crippen LogP contribution in [0.5, 0.6) is 0 Å². The molecule has 160 valence electrons. The lowest BCUT2D eigenvalue weighted by Crippen LogP contribution is -2.49. The van der Waals surface area contributed by atoms with E-state index in [0.29, 0.717) is 45.4 Å². The lowest BCUT2D eigenvalue weighted by Gasteiger charge is -2.44. The molecular formula is C25H31NO4. The second kappa shape index (κ2) is 9.14. The molecule has 3 rings (SSSR count). The maximum Gasteiger partial charge on any atom is 0.248 e. The van der Waals surface area contributed by atoms with Gasteiger partial charge in [-0.2, -0.15) is 0 Å². The fraction of sp³-hybridized carbons (Fsp3) is 0.560. The summed E-state index contributed by atoms with van der Waals surface area (Å²) in [6.45, 7) is 9.34. The number of Topliss-reactive ketones (excluding diaryl/α,β-unsaturated/α-hetero) is 2. The van der Waals surface area contributed by atoms with Crippen molar-refractivity contribution >= 4 is 17.5 Å². The van der Waals surface area contributed by atoms with Crippen LogP contribution in [-0.2, 0) is 19.1 Å². The van der Waals surface area contributed by atoms with Crippen LogP contribution < -0.4 is 0 Å². The van der Waals surface area contributed by atoms with Gasteiger partial charge in [-0.25, -0.2) is 0 Å². The molecule has 0 radical (unpaired) electrons. The van der Waals surface area contributed by atoms with Crippen LogP contribution in [0.1, 0.15) is 67.7 Å². The van der Waals surface area contributed by atoms with Crippen molar-refractivity contribution in [2.45, 2.75) is 59.3 Å². The number of amides is 1. The minimum Gasteiger partial charge on any atom is -0.372 e. The van der Waals surface area contributed by atoms with E-state index in [9.17, 15) is 14.4 Å². The van der Waals surface area contributed by atoms with Gasteiger partial charge in [0.15, 0.2) is 0 Å². The highest BCUT2D eigenvalue weighted by atomic mass is 16.5. The molecule has 2 aliphatic rings. The Morgan fingerprint density at radius 2 is 1.70 bits per heavy atom. The Bertz CT molecular complexity index is 870. The number of aryl methyl sites for hydroxylation is 2. The number of benzene rings is 1. The summed E-state index contributed by atoms with van der Waals surface area (Å²) in [5, 5.41) is 0. The molecule has 0 aromatic heterocycles. The van der Waals surface area contributed by atoms with Gasteiger partial charge in [0.05, 0.1) is 0 Å². The third kappa shape index (κ3) is 4.49. The largest absolute Gasteiger partial charge is 0.372 e. The zero-order valence-corrected chi connectivity index (χ0v) is 18.5. The summed E-state index contributed by atoms with van der Waals surface area (Å²) >= 11 is 0. The molecule has 0 bridgehead atoms. The highest BCUT2D eigenvalue weighted by molar-refractivity contribution is 6.10. The number of hydrogen-bond donors (Lipinski definition) is 0. The molecule has 5 heteroatoms. The molecule has 1 aliphatic carbocycles. The van der Waals surface area contributed by atoms with Crippen LogP contribution >= 0.6 is 0 Å². The smallest absolute Gasteiger partial charge is 0.248 e. The van der Waals surface area contributed by atoms with Crippen LogP contribution in [0.2, 0.25) is 0 Å². The van der Waals surface area contributed by atoms with Gasteiger partial charge in [0.2, 0.25) is 5.91 Å². The average molecular weight is 410 g/mol. The molecule has 1 amide bonds. The summed E-state index contributed by atoms with van der Waals surface area (Å²) in [4.78, 5) is 40.4. The van der Waals surface area contributed by atoms with Gasteiger partial charge in [0, 0.05) is 38.1 Å². The van der Waals surface area contributed by atoms with Crippen LogP contribution in [0.15, 0.2) is 12.1 Å². The van der Waals surface area contributed by atoms with Gasteiger partial charge in [-0.1, -0.05) is 5.92 Å². The van der Waals surface area contributed by atoms with E-state index in [-0.39, 0.29) is 29.5 Å². The molecule has 0 N–H and O–H groups in total. The maximum atomic E-state index is 13.2. The van der Waals surface area contributed by atoms with E-state index in [1.54, 1.807) is 11.8 Å². The van der Waals surface area contributed by atoms with Crippen molar-refractivity contribution in [3.05, 3.63) is 34.4 Å². The second-order valence-electron chi connectivity index (χ2n) is 8.64. The average Bonchev–Trinajstić information content (AvgIpc) is 2.68. The molecule has 30 heavy (non-hydrogen) atoms. The third-order valence-corrected chi connectivity index (χ3v) is 6.50. The number of piperidine rings is 1. The number of hydrogen-bond acceptors (Lipinski definition) is 4. The summed E-state index contributed by atoms with van der Waals surface area (Å²) < 4.78 is 5.22. The molecule has 1 saturated carbocycles. The van der Waals surface area contributed by atoms with E-state index < -0.39 is 5.92 Å². The van der Waals surface area contributed by atoms with E-state index in [4.69, 9.17) is 4.74 Å². The quantitative estimate of drug-likeness (QED) is 0.565. The standard InChI is InChI=1S/C25H31NO4/c1-5-7-19-12-17(3)23(18(4)13-19)24-20(27)14-25(15-21(24)28)8-10-26(11-9-25)22(29)16-30-6-2/h12-13,24H,6,8-11,14-16H2,1-4H3. The summed E-state index contributed by atoms with van der Waals surface area (Å²) in [6, 6.07) is 3.93. The SMILES string of the molecule is CC#Cc1cc(C)c(C2C(=O)CC3(CCN(C(=O)COCC)CC3)CC2=O)c(C)c1. The molecule has 0 unspecified atom stereocenters. The van der Waals surface area contributed by atoms with E-state index in [1.165, 1.54) is 0 Å². The monoisotopic (exact) mass is 409 g/mol. The lowest BCUT2D eigenvalue weighted by molar-refractivity contribution is -0.142. The molecule has 0 atom stereocenters. The normalized spacial score (nSPS) is 19.0. The van der Waals surface area contributed by atoms with Gasteiger partial charge in [0.25, 0.3) is 0 Å². The lowest BCUT2D eigenvalue weighted by atomic mass is 9.62. The molecule has 1 saturated heterocycles. The zero-order valence-electron chi connectivity index (χ0n) is 18.5. The Kier molecular flexibility index (Phi) is 6.77. The van der Waals surface area contributed by atoms with Crippen LogP contribution in [0.25, 0.3) is 0 Å². The number of ketones is 2. The van der Waals surface area contributed by atoms with E-state index in [0.717, 1.165) is 22.3 Å². The first-order valence-electron chi connectivity index (χ1n) is 10.7. The maximum absolute atomic E-state index is 13.2. The number of carbonyl (C=O) groups excluding carboxylic acids is 3. The molecule has 1 aliphatic heterocycles. The van der Waals surface area contributed by atoms with Gasteiger partial charge in [-0.15, -0.1) is 5.92 Å². The fourth-order valence-electron chi connectivity index (χ4n) is 5.02. The Balaban J connectivity index is 1.74. The number of nitrogens with zero attached hydrogens (tertiary/aromatic N) is 1. The predicted molar refractivity (Wildman–Crippen MR) is 115 cm³/mol. The van der Waals surface area contributed by atoms with Crippen molar-refractivity contribution in [1.29, 1.82) is 0 Å². The highest BCUT2D eigenvalue weighted by Crippen LogP contribution is 2.46. The third-order valence-electron chi connectivity index (χ3n) is 6.50. The van der Waals surface area contributed by atoms with Crippen molar-refractivity contribution < 1.29 is 19.1 Å². The molecule has 1 spiro atoms. The Morgan fingerprint density at radius 1 is 1.13 bits per heavy atom. The Morgan fingerprint density at radius 3 is 2.20 bits per heavy atom. The molecule has 1 aromatic rings. The minimum absolute atomic E-state index is 0.0143. The first kappa shape index (κ1) is 22.2. The predicted octanol–water partition coefficient (Wildman–Crippen LogP) is 3.34. The van der Waals surface area contributed by atoms with Crippen LogP contribution in [0.3, 0.4) is 0 Å². The topological polar surface area (TPSA) is 63.7 Å². The van der Waals surface area contributed by atoms with Crippen molar-refractivity contribution in [1.82, 2.24) is 4.90 Å². The van der Waals surface area contributed by atoms with Crippen molar-refractivity contribution in [3.8, 4) is 11.8 Å². The van der Waals surface area contributed by atoms with E-state index in [2.05, 4.69) is 11.8 Å². The van der Waals surface area contributed by atoms with Gasteiger partial charge < -0.3 is 9.64 Å². The molecule has 1 heterocycles. The minimum atomic E-state index is -0.670. The number of ether oxygens (including phenoxy) is 1. The Hall–Kier alpha value is -2.45.